The van der Waals surface area contributed by atoms with E-state index in [9.17, 15) is 13.2 Å². The number of benzene rings is 1. The number of hydrogen-bond donors (Lipinski definition) is 2. The minimum absolute atomic E-state index is 0.0468. The van der Waals surface area contributed by atoms with Gasteiger partial charge in [-0.2, -0.15) is 0 Å². The van der Waals surface area contributed by atoms with E-state index in [1.165, 1.54) is 21.1 Å². The molecule has 0 radical (unpaired) electrons. The lowest BCUT2D eigenvalue weighted by molar-refractivity contribution is -0.115. The number of ether oxygens (including phenoxy) is 2. The zero-order valence-electron chi connectivity index (χ0n) is 12.3. The number of carbonyl (C=O) groups excluding carboxylic acids is 1. The van der Waals surface area contributed by atoms with Crippen molar-refractivity contribution in [1.29, 1.82) is 0 Å². The molecular weight excluding hydrogens is 296 g/mol. The van der Waals surface area contributed by atoms with Crippen molar-refractivity contribution in [3.8, 4) is 5.75 Å². The summed E-state index contributed by atoms with van der Waals surface area (Å²) in [6, 6.07) is 4.68. The summed E-state index contributed by atoms with van der Waals surface area (Å²) < 4.78 is 33.7. The molecule has 0 aliphatic heterocycles. The molecule has 0 fully saturated rings. The number of nitrogen functional groups attached to an aromatic ring is 1. The maximum absolute atomic E-state index is 12.1. The summed E-state index contributed by atoms with van der Waals surface area (Å²) in [6.07, 6.45) is 0. The van der Waals surface area contributed by atoms with Crippen molar-refractivity contribution in [2.45, 2.75) is 12.2 Å². The molecule has 0 aliphatic rings. The van der Waals surface area contributed by atoms with E-state index in [0.29, 0.717) is 17.1 Å². The van der Waals surface area contributed by atoms with Crippen LogP contribution in [0.1, 0.15) is 6.92 Å². The van der Waals surface area contributed by atoms with Gasteiger partial charge < -0.3 is 20.5 Å². The molecule has 0 aliphatic carbocycles. The summed E-state index contributed by atoms with van der Waals surface area (Å²) in [5.41, 5.74) is 6.46. The molecule has 118 valence electrons. The molecule has 1 atom stereocenters. The molecule has 1 aromatic rings. The number of carbonyl (C=O) groups is 1. The summed E-state index contributed by atoms with van der Waals surface area (Å²) >= 11 is 0. The summed E-state index contributed by atoms with van der Waals surface area (Å²) in [7, 11) is -0.736. The first-order valence-corrected chi connectivity index (χ1v) is 7.98. The van der Waals surface area contributed by atoms with E-state index in [1.54, 1.807) is 18.2 Å². The van der Waals surface area contributed by atoms with Gasteiger partial charge >= 0.3 is 0 Å². The second-order valence-corrected chi connectivity index (χ2v) is 6.89. The highest BCUT2D eigenvalue weighted by molar-refractivity contribution is 7.92. The third kappa shape index (κ3) is 4.61. The van der Waals surface area contributed by atoms with Gasteiger partial charge in [-0.1, -0.05) is 0 Å². The van der Waals surface area contributed by atoms with Gasteiger partial charge in [-0.25, -0.2) is 8.42 Å². The fraction of sp³-hybridized carbons (Fsp3) is 0.462. The largest absolute Gasteiger partial charge is 0.494 e. The van der Waals surface area contributed by atoms with Crippen LogP contribution in [0.25, 0.3) is 0 Å². The van der Waals surface area contributed by atoms with Crippen molar-refractivity contribution in [1.82, 2.24) is 0 Å². The molecule has 0 heterocycles. The van der Waals surface area contributed by atoms with Crippen molar-refractivity contribution >= 4 is 27.1 Å². The van der Waals surface area contributed by atoms with Crippen LogP contribution in [0.3, 0.4) is 0 Å². The van der Waals surface area contributed by atoms with Gasteiger partial charge in [-0.15, -0.1) is 0 Å². The van der Waals surface area contributed by atoms with E-state index in [1.807, 2.05) is 0 Å². The summed E-state index contributed by atoms with van der Waals surface area (Å²) in [5, 5.41) is 1.35. The molecule has 3 N–H and O–H groups in total. The van der Waals surface area contributed by atoms with Crippen LogP contribution in [0, 0.1) is 0 Å². The van der Waals surface area contributed by atoms with Crippen LogP contribution < -0.4 is 15.8 Å². The number of anilines is 2. The molecule has 0 spiro atoms. The summed E-state index contributed by atoms with van der Waals surface area (Å²) in [5.74, 6) is -0.476. The molecular formula is C13H20N2O5S. The van der Waals surface area contributed by atoms with Gasteiger partial charge in [-0.05, 0) is 19.1 Å². The van der Waals surface area contributed by atoms with E-state index in [-0.39, 0.29) is 12.4 Å². The fourth-order valence-electron chi connectivity index (χ4n) is 1.58. The normalized spacial score (nSPS) is 12.7. The Bertz CT molecular complexity index is 601. The van der Waals surface area contributed by atoms with Crippen molar-refractivity contribution < 1.29 is 22.7 Å². The molecule has 0 aromatic heterocycles. The number of rotatable bonds is 7. The molecule has 1 amide bonds. The van der Waals surface area contributed by atoms with Gasteiger partial charge in [0, 0.05) is 18.9 Å². The van der Waals surface area contributed by atoms with E-state index < -0.39 is 21.0 Å². The predicted octanol–water partition coefficient (Wildman–Crippen LogP) is 0.666. The Labute approximate surface area is 124 Å². The molecule has 1 rings (SSSR count). The van der Waals surface area contributed by atoms with Gasteiger partial charge in [0.15, 0.2) is 9.84 Å². The van der Waals surface area contributed by atoms with Gasteiger partial charge in [0.1, 0.15) is 11.0 Å². The van der Waals surface area contributed by atoms with Crippen LogP contribution in [0.5, 0.6) is 5.75 Å². The smallest absolute Gasteiger partial charge is 0.242 e. The number of amides is 1. The van der Waals surface area contributed by atoms with Gasteiger partial charge in [0.2, 0.25) is 5.91 Å². The average molecular weight is 316 g/mol. The Morgan fingerprint density at radius 1 is 1.38 bits per heavy atom. The zero-order chi connectivity index (χ0) is 16.0. The Hall–Kier alpha value is -1.80. The van der Waals surface area contributed by atoms with Crippen molar-refractivity contribution in [3.63, 3.8) is 0 Å². The van der Waals surface area contributed by atoms with Gasteiger partial charge in [0.05, 0.1) is 25.2 Å². The number of sulfone groups is 1. The second kappa shape index (κ2) is 7.28. The van der Waals surface area contributed by atoms with Crippen molar-refractivity contribution in [2.75, 3.05) is 37.6 Å². The molecule has 7 nitrogen and oxygen atoms in total. The van der Waals surface area contributed by atoms with Crippen LogP contribution in [0.4, 0.5) is 11.4 Å². The minimum atomic E-state index is -3.57. The monoisotopic (exact) mass is 316 g/mol. The topological polar surface area (TPSA) is 108 Å². The quantitative estimate of drug-likeness (QED) is 0.716. The fourth-order valence-corrected chi connectivity index (χ4v) is 2.72. The van der Waals surface area contributed by atoms with Crippen LogP contribution in [-0.2, 0) is 19.4 Å². The maximum atomic E-state index is 12.1. The highest BCUT2D eigenvalue weighted by atomic mass is 32.2. The van der Waals surface area contributed by atoms with Gasteiger partial charge in [0.25, 0.3) is 0 Å². The molecule has 1 unspecified atom stereocenters. The molecule has 8 heteroatoms. The Kier molecular flexibility index (Phi) is 5.98. The van der Waals surface area contributed by atoms with Crippen LogP contribution >= 0.6 is 0 Å². The Balaban J connectivity index is 2.86. The predicted molar refractivity (Wildman–Crippen MR) is 81.2 cm³/mol. The summed E-state index contributed by atoms with van der Waals surface area (Å²) in [4.78, 5) is 12.1. The maximum Gasteiger partial charge on any atom is 0.242 e. The number of methoxy groups -OCH3 is 2. The highest BCUT2D eigenvalue weighted by Gasteiger charge is 2.28. The lowest BCUT2D eigenvalue weighted by Gasteiger charge is -2.15. The van der Waals surface area contributed by atoms with Crippen LogP contribution in [-0.4, -0.2) is 46.2 Å². The first kappa shape index (κ1) is 17.3. The highest BCUT2D eigenvalue weighted by Crippen LogP contribution is 2.27. The van der Waals surface area contributed by atoms with E-state index >= 15 is 0 Å². The van der Waals surface area contributed by atoms with Crippen LogP contribution in [0.15, 0.2) is 18.2 Å². The van der Waals surface area contributed by atoms with E-state index in [0.717, 1.165) is 0 Å². The third-order valence-corrected chi connectivity index (χ3v) is 4.99. The number of nitrogens with two attached hydrogens (primary N) is 1. The molecule has 0 bridgehead atoms. The van der Waals surface area contributed by atoms with Crippen molar-refractivity contribution in [3.05, 3.63) is 18.2 Å². The Morgan fingerprint density at radius 2 is 2.05 bits per heavy atom. The first-order valence-electron chi connectivity index (χ1n) is 6.26. The zero-order valence-corrected chi connectivity index (χ0v) is 13.1. The van der Waals surface area contributed by atoms with E-state index in [2.05, 4.69) is 5.32 Å². The first-order chi connectivity index (χ1) is 9.81. The SMILES string of the molecule is COCCS(=O)(=O)C(C)C(=O)Nc1ccc(N)cc1OC. The number of nitrogens with one attached hydrogen (secondary N) is 1. The molecule has 0 saturated heterocycles. The van der Waals surface area contributed by atoms with Gasteiger partial charge in [-0.3, -0.25) is 4.79 Å². The third-order valence-electron chi connectivity index (χ3n) is 2.96. The molecule has 1 aromatic carbocycles. The lowest BCUT2D eigenvalue weighted by atomic mass is 10.2. The molecule has 0 saturated carbocycles. The Morgan fingerprint density at radius 3 is 2.62 bits per heavy atom. The standard InChI is InChI=1S/C13H20N2O5S/c1-9(21(17,18)7-6-19-2)13(16)15-11-5-4-10(14)8-12(11)20-3/h4-5,8-9H,6-7,14H2,1-3H3,(H,15,16). The second-order valence-electron chi connectivity index (χ2n) is 4.45. The lowest BCUT2D eigenvalue weighted by Crippen LogP contribution is -2.35. The minimum Gasteiger partial charge on any atom is -0.494 e. The number of hydrogen-bond acceptors (Lipinski definition) is 6. The average Bonchev–Trinajstić information content (AvgIpc) is 2.45. The molecule has 21 heavy (non-hydrogen) atoms. The summed E-state index contributed by atoms with van der Waals surface area (Å²) in [6.45, 7) is 1.38. The van der Waals surface area contributed by atoms with Crippen molar-refractivity contribution in [2.24, 2.45) is 0 Å². The van der Waals surface area contributed by atoms with Crippen LogP contribution in [0.2, 0.25) is 0 Å². The van der Waals surface area contributed by atoms with E-state index in [4.69, 9.17) is 15.2 Å².